The summed E-state index contributed by atoms with van der Waals surface area (Å²) in [6.45, 7) is 14.8. The van der Waals surface area contributed by atoms with Crippen molar-refractivity contribution in [1.29, 1.82) is 0 Å². The van der Waals surface area contributed by atoms with Gasteiger partial charge in [-0.25, -0.2) is 4.79 Å². The number of imide groups is 1. The summed E-state index contributed by atoms with van der Waals surface area (Å²) in [6, 6.07) is 5.36. The van der Waals surface area contributed by atoms with E-state index in [9.17, 15) is 43.5 Å². The number of ether oxygens (including phenoxy) is 4. The van der Waals surface area contributed by atoms with E-state index >= 15 is 0 Å². The second kappa shape index (κ2) is 30.3. The highest BCUT2D eigenvalue weighted by molar-refractivity contribution is 6.12. The first-order chi connectivity index (χ1) is 36.1. The highest BCUT2D eigenvalue weighted by Crippen LogP contribution is 2.30. The van der Waals surface area contributed by atoms with E-state index in [-0.39, 0.29) is 43.8 Å². The number of methoxy groups -OCH3 is 2. The molecule has 8 amide bonds. The van der Waals surface area contributed by atoms with Gasteiger partial charge in [0.1, 0.15) is 24.8 Å². The molecule has 12 atom stereocenters. The molecular formula is C56H87N7O13. The van der Waals surface area contributed by atoms with Gasteiger partial charge in [-0.05, 0) is 68.4 Å². The highest BCUT2D eigenvalue weighted by atomic mass is 16.6. The van der Waals surface area contributed by atoms with E-state index in [1.54, 1.807) is 62.8 Å². The quantitative estimate of drug-likeness (QED) is 0.0711. The molecule has 4 N–H and O–H groups in total. The van der Waals surface area contributed by atoms with Crippen molar-refractivity contribution in [3.8, 4) is 0 Å². The summed E-state index contributed by atoms with van der Waals surface area (Å²) in [5.41, 5.74) is 0.677. The number of nitrogens with one attached hydrogen (secondary N) is 3. The van der Waals surface area contributed by atoms with Crippen LogP contribution in [0, 0.1) is 23.7 Å². The molecular weight excluding hydrogens is 979 g/mol. The van der Waals surface area contributed by atoms with E-state index in [1.165, 1.54) is 38.3 Å². The van der Waals surface area contributed by atoms with Crippen molar-refractivity contribution < 1.29 is 62.4 Å². The van der Waals surface area contributed by atoms with Gasteiger partial charge in [0, 0.05) is 60.1 Å². The molecule has 0 bridgehead atoms. The summed E-state index contributed by atoms with van der Waals surface area (Å²) < 4.78 is 24.1. The summed E-state index contributed by atoms with van der Waals surface area (Å²) in [6.07, 6.45) is 5.89. The number of amides is 8. The lowest BCUT2D eigenvalue weighted by molar-refractivity contribution is -0.148. The van der Waals surface area contributed by atoms with E-state index in [0.29, 0.717) is 37.8 Å². The Labute approximate surface area is 450 Å². The Morgan fingerprint density at radius 1 is 0.829 bits per heavy atom. The number of benzene rings is 1. The number of allylic oxidation sites excluding steroid dienone is 1. The van der Waals surface area contributed by atoms with Crippen LogP contribution in [0.25, 0.3) is 0 Å². The smallest absolute Gasteiger partial charge is 0.410 e. The van der Waals surface area contributed by atoms with Crippen LogP contribution in [0.1, 0.15) is 118 Å². The first kappa shape index (κ1) is 62.8. The minimum atomic E-state index is -1.07. The minimum absolute atomic E-state index is 0.00349. The standard InChI is InChI=1S/C56H87N7O13/c1-13-36(6)50(43(73-11)32-47(67)62-30-21-24-40(62)52(74-12)37(7)53(69)58-38(8)51(68)39-22-17-16-18-23-39)60(9)55(71)48(34(2)3)59-54(70)49(35(4)5)61(10)56(72)76-42-26-20-15-14-19-25-41(42)75-33-44(64)57-29-31-63-45(65)27-28-46(63)66/h16-18,20,22-23,26-28,34-38,40-43,48-52,68H,13-15,19,21,24-25,29-33H2,1-12H3,(H,57,64)(H,58,69)(H,59,70)/b26-20+/t36-,37+,38+,40-,41?,42?,43+,48+,49-,50-,51+,52+/m0/s1. The third-order valence-corrected chi connectivity index (χ3v) is 15.1. The molecule has 20 heteroatoms. The highest BCUT2D eigenvalue weighted by Gasteiger charge is 2.44. The Morgan fingerprint density at radius 3 is 2.11 bits per heavy atom. The van der Waals surface area contributed by atoms with E-state index < -0.39 is 114 Å². The van der Waals surface area contributed by atoms with Gasteiger partial charge >= 0.3 is 6.09 Å². The fraction of sp³-hybridized carbons (Fsp3) is 0.679. The third kappa shape index (κ3) is 16.9. The molecule has 1 saturated heterocycles. The van der Waals surface area contributed by atoms with Gasteiger partial charge in [0.25, 0.3) is 11.8 Å². The molecule has 424 valence electrons. The summed E-state index contributed by atoms with van der Waals surface area (Å²) >= 11 is 0. The number of likely N-dealkylation sites (N-methyl/N-ethyl adjacent to an activating group) is 2. The lowest BCUT2D eigenvalue weighted by atomic mass is 9.89. The zero-order valence-corrected chi connectivity index (χ0v) is 46.9. The number of hydrogen-bond donors (Lipinski definition) is 4. The number of likely N-dealkylation sites (tertiary alicyclic amines) is 1. The number of hydrogen-bond acceptors (Lipinski definition) is 13. The molecule has 0 saturated carbocycles. The fourth-order valence-electron chi connectivity index (χ4n) is 10.5. The van der Waals surface area contributed by atoms with Crippen molar-refractivity contribution in [2.75, 3.05) is 54.6 Å². The number of carbonyl (C=O) groups excluding carboxylic acids is 8. The van der Waals surface area contributed by atoms with Crippen LogP contribution in [-0.4, -0.2) is 181 Å². The van der Waals surface area contributed by atoms with Crippen LogP contribution in [0.15, 0.2) is 54.6 Å². The third-order valence-electron chi connectivity index (χ3n) is 15.1. The average molecular weight is 1070 g/mol. The maximum Gasteiger partial charge on any atom is 0.410 e. The van der Waals surface area contributed by atoms with Gasteiger partial charge in [-0.15, -0.1) is 0 Å². The Balaban J connectivity index is 1.43. The van der Waals surface area contributed by atoms with E-state index in [2.05, 4.69) is 16.0 Å². The molecule has 0 radical (unpaired) electrons. The number of carbonyl (C=O) groups is 8. The average Bonchev–Trinajstić information content (AvgIpc) is 4.00. The van der Waals surface area contributed by atoms with E-state index in [0.717, 1.165) is 24.2 Å². The van der Waals surface area contributed by atoms with E-state index in [4.69, 9.17) is 18.9 Å². The Kier molecular flexibility index (Phi) is 25.0. The van der Waals surface area contributed by atoms with Crippen molar-refractivity contribution in [3.05, 3.63) is 60.2 Å². The van der Waals surface area contributed by atoms with Crippen LogP contribution in [0.3, 0.4) is 0 Å². The van der Waals surface area contributed by atoms with Gasteiger partial charge in [0.2, 0.25) is 29.5 Å². The van der Waals surface area contributed by atoms with Crippen molar-refractivity contribution in [1.82, 2.24) is 35.6 Å². The summed E-state index contributed by atoms with van der Waals surface area (Å²) in [7, 11) is 6.14. The van der Waals surface area contributed by atoms with E-state index in [1.807, 2.05) is 52.0 Å². The van der Waals surface area contributed by atoms with Crippen molar-refractivity contribution in [3.63, 3.8) is 0 Å². The zero-order chi connectivity index (χ0) is 56.4. The summed E-state index contributed by atoms with van der Waals surface area (Å²) in [5, 5.41) is 19.5. The maximum atomic E-state index is 14.8. The number of aliphatic hydroxyl groups excluding tert-OH is 1. The monoisotopic (exact) mass is 1070 g/mol. The molecule has 1 aromatic rings. The second-order valence-electron chi connectivity index (χ2n) is 21.2. The minimum Gasteiger partial charge on any atom is -0.439 e. The number of aliphatic hydroxyl groups is 1. The van der Waals surface area contributed by atoms with Gasteiger partial charge in [0.15, 0.2) is 0 Å². The topological polar surface area (TPSA) is 243 Å². The molecule has 1 fully saturated rings. The second-order valence-corrected chi connectivity index (χ2v) is 21.2. The SMILES string of the molecule is CC[C@H](C)[C@@H]([C@@H](CC(=O)N1CCC[C@H]1[C@H](OC)[C@@H](C)C(=O)N[C@H](C)[C@@H](O)c1ccccc1)OC)N(C)C(=O)[C@H](NC(=O)[C@H](C(C)C)N(C)C(=O)OC1/C=C/CCCCC1OCC(=O)NCCN1C(=O)C=CC1=O)C(C)C. The lowest BCUT2D eigenvalue weighted by Crippen LogP contribution is -2.60. The normalized spacial score (nSPS) is 21.8. The largest absolute Gasteiger partial charge is 0.439 e. The summed E-state index contributed by atoms with van der Waals surface area (Å²) in [5.74, 6) is -4.54. The molecule has 2 heterocycles. The van der Waals surface area contributed by atoms with Crippen LogP contribution >= 0.6 is 0 Å². The van der Waals surface area contributed by atoms with Crippen molar-refractivity contribution >= 4 is 47.4 Å². The lowest BCUT2D eigenvalue weighted by Gasteiger charge is -2.41. The Morgan fingerprint density at radius 2 is 1.50 bits per heavy atom. The predicted molar refractivity (Wildman–Crippen MR) is 285 cm³/mol. The molecule has 2 aliphatic heterocycles. The first-order valence-corrected chi connectivity index (χ1v) is 27.1. The van der Waals surface area contributed by atoms with Crippen LogP contribution in [0.4, 0.5) is 4.79 Å². The van der Waals surface area contributed by atoms with Crippen LogP contribution < -0.4 is 16.0 Å². The molecule has 1 aromatic carbocycles. The molecule has 3 aliphatic rings. The molecule has 1 aliphatic carbocycles. The van der Waals surface area contributed by atoms with Crippen LogP contribution in [0.5, 0.6) is 0 Å². The number of nitrogens with zero attached hydrogens (tertiary/aromatic N) is 4. The van der Waals surface area contributed by atoms with Gasteiger partial charge in [0.05, 0.1) is 54.9 Å². The zero-order valence-electron chi connectivity index (χ0n) is 46.9. The molecule has 76 heavy (non-hydrogen) atoms. The van der Waals surface area contributed by atoms with Gasteiger partial charge in [-0.3, -0.25) is 43.4 Å². The predicted octanol–water partition coefficient (Wildman–Crippen LogP) is 4.30. The summed E-state index contributed by atoms with van der Waals surface area (Å²) in [4.78, 5) is 113. The number of rotatable bonds is 27. The van der Waals surface area contributed by atoms with Crippen molar-refractivity contribution in [2.24, 2.45) is 23.7 Å². The van der Waals surface area contributed by atoms with Crippen LogP contribution in [-0.2, 0) is 52.5 Å². The molecule has 0 aromatic heterocycles. The molecule has 2 unspecified atom stereocenters. The molecule has 4 rings (SSSR count). The van der Waals surface area contributed by atoms with Gasteiger partial charge in [-0.1, -0.05) is 97.7 Å². The van der Waals surface area contributed by atoms with Gasteiger partial charge < -0.3 is 49.8 Å². The maximum absolute atomic E-state index is 14.8. The molecule has 20 nitrogen and oxygen atoms in total. The first-order valence-electron chi connectivity index (χ1n) is 27.1. The Bertz CT molecular complexity index is 2160. The fourth-order valence-corrected chi connectivity index (χ4v) is 10.5. The Hall–Kier alpha value is -5.70. The molecule has 0 spiro atoms. The van der Waals surface area contributed by atoms with Crippen LogP contribution in [0.2, 0.25) is 0 Å². The van der Waals surface area contributed by atoms with Gasteiger partial charge in [-0.2, -0.15) is 0 Å². The van der Waals surface area contributed by atoms with Crippen molar-refractivity contribution in [2.45, 2.75) is 167 Å².